The molecule has 0 radical (unpaired) electrons. The van der Waals surface area contributed by atoms with Crippen LogP contribution in [0.3, 0.4) is 0 Å². The van der Waals surface area contributed by atoms with Crippen LogP contribution in [0.15, 0.2) is 54.6 Å². The molecule has 0 saturated heterocycles. The van der Waals surface area contributed by atoms with Crippen LogP contribution in [-0.4, -0.2) is 18.4 Å². The Morgan fingerprint density at radius 1 is 1.14 bits per heavy atom. The van der Waals surface area contributed by atoms with Crippen molar-refractivity contribution in [2.45, 2.75) is 19.3 Å². The van der Waals surface area contributed by atoms with E-state index in [-0.39, 0.29) is 24.3 Å². The van der Waals surface area contributed by atoms with Crippen molar-refractivity contribution in [2.75, 3.05) is 16.8 Å². The largest absolute Gasteiger partial charge is 0.323 e. The van der Waals surface area contributed by atoms with E-state index in [1.54, 1.807) is 4.90 Å². The summed E-state index contributed by atoms with van der Waals surface area (Å²) in [6.45, 7) is 2.11. The second-order valence-electron chi connectivity index (χ2n) is 5.56. The highest BCUT2D eigenvalue weighted by Crippen LogP contribution is 2.30. The molecule has 3 rings (SSSR count). The monoisotopic (exact) mass is 294 g/mol. The topological polar surface area (TPSA) is 49.4 Å². The number of carbonyl (C=O) groups is 2. The normalized spacial score (nSPS) is 15.0. The number of fused-ring (bicyclic) bond motifs is 1. The van der Waals surface area contributed by atoms with Gasteiger partial charge in [0.05, 0.1) is 11.4 Å². The SMILES string of the molecule is CC(CC(=O)N1CC(=O)Nc2ccccc21)c1ccccc1. The number of anilines is 2. The van der Waals surface area contributed by atoms with Crippen LogP contribution >= 0.6 is 0 Å². The Morgan fingerprint density at radius 2 is 1.82 bits per heavy atom. The molecule has 22 heavy (non-hydrogen) atoms. The van der Waals surface area contributed by atoms with Crippen LogP contribution in [0.1, 0.15) is 24.8 Å². The maximum absolute atomic E-state index is 12.6. The number of hydrogen-bond donors (Lipinski definition) is 1. The Morgan fingerprint density at radius 3 is 2.59 bits per heavy atom. The molecule has 0 aromatic heterocycles. The molecule has 2 aromatic rings. The number of para-hydroxylation sites is 2. The third kappa shape index (κ3) is 2.86. The van der Waals surface area contributed by atoms with Crippen molar-refractivity contribution in [3.63, 3.8) is 0 Å². The number of carbonyl (C=O) groups excluding carboxylic acids is 2. The summed E-state index contributed by atoms with van der Waals surface area (Å²) >= 11 is 0. The Bertz CT molecular complexity index is 697. The van der Waals surface area contributed by atoms with Crippen LogP contribution in [0, 0.1) is 0 Å². The van der Waals surface area contributed by atoms with Crippen molar-refractivity contribution in [3.8, 4) is 0 Å². The number of nitrogens with zero attached hydrogens (tertiary/aromatic N) is 1. The molecule has 4 nitrogen and oxygen atoms in total. The predicted molar refractivity (Wildman–Crippen MR) is 86.9 cm³/mol. The number of hydrogen-bond acceptors (Lipinski definition) is 2. The van der Waals surface area contributed by atoms with Gasteiger partial charge in [-0.15, -0.1) is 0 Å². The van der Waals surface area contributed by atoms with Crippen LogP contribution < -0.4 is 10.2 Å². The lowest BCUT2D eigenvalue weighted by molar-refractivity contribution is -0.122. The zero-order valence-corrected chi connectivity index (χ0v) is 12.5. The van der Waals surface area contributed by atoms with E-state index in [4.69, 9.17) is 0 Å². The molecule has 2 aromatic carbocycles. The van der Waals surface area contributed by atoms with Gasteiger partial charge in [-0.2, -0.15) is 0 Å². The minimum atomic E-state index is -0.153. The minimum absolute atomic E-state index is 0.0290. The maximum atomic E-state index is 12.6. The Balaban J connectivity index is 1.79. The van der Waals surface area contributed by atoms with E-state index in [1.807, 2.05) is 61.5 Å². The maximum Gasteiger partial charge on any atom is 0.244 e. The molecule has 112 valence electrons. The number of nitrogens with one attached hydrogen (secondary N) is 1. The van der Waals surface area contributed by atoms with E-state index in [0.717, 1.165) is 11.3 Å². The molecular weight excluding hydrogens is 276 g/mol. The van der Waals surface area contributed by atoms with E-state index >= 15 is 0 Å². The first-order valence-corrected chi connectivity index (χ1v) is 7.39. The van der Waals surface area contributed by atoms with Crippen LogP contribution in [0.4, 0.5) is 11.4 Å². The second kappa shape index (κ2) is 6.02. The highest BCUT2D eigenvalue weighted by Gasteiger charge is 2.27. The zero-order valence-electron chi connectivity index (χ0n) is 12.5. The molecule has 4 heteroatoms. The van der Waals surface area contributed by atoms with Gasteiger partial charge < -0.3 is 10.2 Å². The molecule has 1 N–H and O–H groups in total. The van der Waals surface area contributed by atoms with Crippen LogP contribution in [0.5, 0.6) is 0 Å². The average molecular weight is 294 g/mol. The van der Waals surface area contributed by atoms with Crippen LogP contribution in [0.2, 0.25) is 0 Å². The fourth-order valence-corrected chi connectivity index (χ4v) is 2.73. The van der Waals surface area contributed by atoms with Gasteiger partial charge in [-0.05, 0) is 23.6 Å². The third-order valence-corrected chi connectivity index (χ3v) is 3.92. The predicted octanol–water partition coefficient (Wildman–Crippen LogP) is 3.17. The molecule has 1 aliphatic rings. The van der Waals surface area contributed by atoms with Gasteiger partial charge in [-0.25, -0.2) is 0 Å². The Labute approximate surface area is 129 Å². The summed E-state index contributed by atoms with van der Waals surface area (Å²) < 4.78 is 0. The number of benzene rings is 2. The van der Waals surface area contributed by atoms with Crippen molar-refractivity contribution in [1.29, 1.82) is 0 Å². The van der Waals surface area contributed by atoms with E-state index < -0.39 is 0 Å². The van der Waals surface area contributed by atoms with E-state index in [2.05, 4.69) is 5.32 Å². The van der Waals surface area contributed by atoms with E-state index in [1.165, 1.54) is 0 Å². The van der Waals surface area contributed by atoms with Crippen molar-refractivity contribution in [1.82, 2.24) is 0 Å². The quantitative estimate of drug-likeness (QED) is 0.945. The molecule has 1 atom stereocenters. The van der Waals surface area contributed by atoms with Gasteiger partial charge in [0.15, 0.2) is 0 Å². The summed E-state index contributed by atoms with van der Waals surface area (Å²) in [5.74, 6) is -0.0658. The lowest BCUT2D eigenvalue weighted by Gasteiger charge is -2.30. The van der Waals surface area contributed by atoms with Gasteiger partial charge in [0, 0.05) is 6.42 Å². The lowest BCUT2D eigenvalue weighted by Crippen LogP contribution is -2.42. The second-order valence-corrected chi connectivity index (χ2v) is 5.56. The molecule has 1 unspecified atom stereocenters. The molecule has 0 fully saturated rings. The van der Waals surface area contributed by atoms with Crippen LogP contribution in [0.25, 0.3) is 0 Å². The van der Waals surface area contributed by atoms with Crippen molar-refractivity contribution in [3.05, 3.63) is 60.2 Å². The standard InChI is InChI=1S/C18H18N2O2/c1-13(14-7-3-2-4-8-14)11-18(22)20-12-17(21)19-15-9-5-6-10-16(15)20/h2-10,13H,11-12H2,1H3,(H,19,21). The van der Waals surface area contributed by atoms with Gasteiger partial charge >= 0.3 is 0 Å². The zero-order chi connectivity index (χ0) is 15.5. The highest BCUT2D eigenvalue weighted by molar-refractivity contribution is 6.09. The van der Waals surface area contributed by atoms with Gasteiger partial charge in [-0.3, -0.25) is 9.59 Å². The Kier molecular flexibility index (Phi) is 3.92. The van der Waals surface area contributed by atoms with Crippen molar-refractivity contribution >= 4 is 23.2 Å². The summed E-state index contributed by atoms with van der Waals surface area (Å²) in [6, 6.07) is 17.3. The lowest BCUT2D eigenvalue weighted by atomic mass is 9.97. The highest BCUT2D eigenvalue weighted by atomic mass is 16.2. The fraction of sp³-hybridized carbons (Fsp3) is 0.222. The molecule has 1 heterocycles. The molecule has 0 spiro atoms. The first-order chi connectivity index (χ1) is 10.6. The molecule has 0 bridgehead atoms. The summed E-state index contributed by atoms with van der Waals surface area (Å²) in [6.07, 6.45) is 0.381. The van der Waals surface area contributed by atoms with Crippen LogP contribution in [-0.2, 0) is 9.59 Å². The summed E-state index contributed by atoms with van der Waals surface area (Å²) in [5.41, 5.74) is 2.59. The van der Waals surface area contributed by atoms with Crippen molar-refractivity contribution < 1.29 is 9.59 Å². The van der Waals surface area contributed by atoms with Gasteiger partial charge in [0.2, 0.25) is 11.8 Å². The number of amides is 2. The Hall–Kier alpha value is -2.62. The molecule has 0 saturated carbocycles. The van der Waals surface area contributed by atoms with Gasteiger partial charge in [0.25, 0.3) is 0 Å². The molecule has 2 amide bonds. The summed E-state index contributed by atoms with van der Waals surface area (Å²) in [5, 5.41) is 2.80. The average Bonchev–Trinajstić information content (AvgIpc) is 2.54. The molecule has 1 aliphatic heterocycles. The van der Waals surface area contributed by atoms with E-state index in [9.17, 15) is 9.59 Å². The van der Waals surface area contributed by atoms with Gasteiger partial charge in [-0.1, -0.05) is 49.4 Å². The minimum Gasteiger partial charge on any atom is -0.323 e. The van der Waals surface area contributed by atoms with Gasteiger partial charge in [0.1, 0.15) is 6.54 Å². The molecular formula is C18H18N2O2. The molecule has 0 aliphatic carbocycles. The summed E-state index contributed by atoms with van der Waals surface area (Å²) in [7, 11) is 0. The third-order valence-electron chi connectivity index (χ3n) is 3.92. The fourth-order valence-electron chi connectivity index (χ4n) is 2.73. The first-order valence-electron chi connectivity index (χ1n) is 7.39. The summed E-state index contributed by atoms with van der Waals surface area (Å²) in [4.78, 5) is 26.0. The van der Waals surface area contributed by atoms with Crippen molar-refractivity contribution in [2.24, 2.45) is 0 Å². The van der Waals surface area contributed by atoms with E-state index in [0.29, 0.717) is 12.1 Å². The first kappa shape index (κ1) is 14.3. The smallest absolute Gasteiger partial charge is 0.244 e. The number of rotatable bonds is 3.